The van der Waals surface area contributed by atoms with E-state index in [1.165, 1.54) is 12.0 Å². The molecule has 0 saturated heterocycles. The Hall–Kier alpha value is -1.55. The average molecular weight is 233 g/mol. The van der Waals surface area contributed by atoms with Crippen molar-refractivity contribution in [2.45, 2.75) is 32.4 Å². The summed E-state index contributed by atoms with van der Waals surface area (Å²) in [7, 11) is 0. The molecule has 3 atom stereocenters. The number of hydrogen-bond donors (Lipinski definition) is 3. The van der Waals surface area contributed by atoms with E-state index < -0.39 is 6.03 Å². The molecule has 1 aromatic rings. The third-order valence-corrected chi connectivity index (χ3v) is 3.25. The molecule has 0 bridgehead atoms. The van der Waals surface area contributed by atoms with Crippen molar-refractivity contribution in [3.05, 3.63) is 29.8 Å². The molecule has 4 N–H and O–H groups in total. The molecule has 17 heavy (non-hydrogen) atoms. The zero-order chi connectivity index (χ0) is 12.4. The molecule has 1 aromatic carbocycles. The molecule has 4 heteroatoms. The topological polar surface area (TPSA) is 67.2 Å². The fourth-order valence-electron chi connectivity index (χ4n) is 1.97. The second-order valence-corrected chi connectivity index (χ2v) is 4.82. The lowest BCUT2D eigenvalue weighted by Crippen LogP contribution is -2.22. The summed E-state index contributed by atoms with van der Waals surface area (Å²) in [6, 6.07) is 8.23. The van der Waals surface area contributed by atoms with Crippen LogP contribution < -0.4 is 16.4 Å². The average Bonchev–Trinajstić information content (AvgIpc) is 2.94. The highest BCUT2D eigenvalue weighted by molar-refractivity contribution is 5.87. The number of carbonyl (C=O) groups is 1. The van der Waals surface area contributed by atoms with Crippen molar-refractivity contribution in [1.29, 1.82) is 0 Å². The number of primary amides is 1. The maximum absolute atomic E-state index is 10.7. The standard InChI is InChI=1S/C13H19N3O/c1-8-7-12(8)15-9(2)10-3-5-11(6-4-10)16-13(14)17/h3-6,8-9,12,15H,7H2,1-2H3,(H3,14,16,17). The lowest BCUT2D eigenvalue weighted by molar-refractivity contribution is 0.259. The summed E-state index contributed by atoms with van der Waals surface area (Å²) in [4.78, 5) is 10.7. The Kier molecular flexibility index (Phi) is 3.33. The number of carbonyl (C=O) groups excluding carboxylic acids is 1. The van der Waals surface area contributed by atoms with Gasteiger partial charge in [0.2, 0.25) is 0 Å². The zero-order valence-corrected chi connectivity index (χ0v) is 10.2. The molecule has 2 amide bonds. The molecule has 0 heterocycles. The number of urea groups is 1. The van der Waals surface area contributed by atoms with Gasteiger partial charge in [0.05, 0.1) is 0 Å². The lowest BCUT2D eigenvalue weighted by Gasteiger charge is -2.14. The summed E-state index contributed by atoms with van der Waals surface area (Å²) in [6.07, 6.45) is 1.27. The van der Waals surface area contributed by atoms with Crippen molar-refractivity contribution in [3.8, 4) is 0 Å². The van der Waals surface area contributed by atoms with E-state index in [4.69, 9.17) is 5.73 Å². The Labute approximate surface area is 102 Å². The number of benzene rings is 1. The fraction of sp³-hybridized carbons (Fsp3) is 0.462. The van der Waals surface area contributed by atoms with Crippen LogP contribution in [-0.2, 0) is 0 Å². The molecular formula is C13H19N3O. The summed E-state index contributed by atoms with van der Waals surface area (Å²) in [6.45, 7) is 4.41. The van der Waals surface area contributed by atoms with Gasteiger partial charge in [0.1, 0.15) is 0 Å². The predicted octanol–water partition coefficient (Wildman–Crippen LogP) is 2.24. The highest BCUT2D eigenvalue weighted by atomic mass is 16.2. The molecule has 0 spiro atoms. The molecule has 92 valence electrons. The minimum absolute atomic E-state index is 0.340. The zero-order valence-electron chi connectivity index (χ0n) is 10.2. The Balaban J connectivity index is 1.94. The van der Waals surface area contributed by atoms with Crippen molar-refractivity contribution in [2.24, 2.45) is 11.7 Å². The number of rotatable bonds is 4. The third-order valence-electron chi connectivity index (χ3n) is 3.25. The van der Waals surface area contributed by atoms with Gasteiger partial charge >= 0.3 is 6.03 Å². The lowest BCUT2D eigenvalue weighted by atomic mass is 10.1. The molecule has 0 aliphatic heterocycles. The summed E-state index contributed by atoms with van der Waals surface area (Å²) in [5.74, 6) is 0.799. The number of anilines is 1. The first-order valence-electron chi connectivity index (χ1n) is 5.98. The van der Waals surface area contributed by atoms with E-state index in [2.05, 4.69) is 24.5 Å². The van der Waals surface area contributed by atoms with Gasteiger partial charge in [-0.05, 0) is 37.0 Å². The highest BCUT2D eigenvalue weighted by Crippen LogP contribution is 2.31. The van der Waals surface area contributed by atoms with Crippen LogP contribution in [0.4, 0.5) is 10.5 Å². The van der Waals surface area contributed by atoms with Gasteiger partial charge in [0.15, 0.2) is 0 Å². The first-order valence-corrected chi connectivity index (χ1v) is 5.98. The van der Waals surface area contributed by atoms with Crippen LogP contribution in [0.2, 0.25) is 0 Å². The van der Waals surface area contributed by atoms with E-state index in [0.717, 1.165) is 11.6 Å². The van der Waals surface area contributed by atoms with Crippen LogP contribution in [0.3, 0.4) is 0 Å². The molecule has 4 nitrogen and oxygen atoms in total. The van der Waals surface area contributed by atoms with E-state index in [-0.39, 0.29) is 0 Å². The molecule has 2 rings (SSSR count). The Morgan fingerprint density at radius 3 is 2.47 bits per heavy atom. The minimum Gasteiger partial charge on any atom is -0.351 e. The van der Waals surface area contributed by atoms with Gasteiger partial charge in [-0.15, -0.1) is 0 Å². The third kappa shape index (κ3) is 3.20. The van der Waals surface area contributed by atoms with Crippen LogP contribution in [0.15, 0.2) is 24.3 Å². The second-order valence-electron chi connectivity index (χ2n) is 4.82. The van der Waals surface area contributed by atoms with Crippen molar-refractivity contribution in [1.82, 2.24) is 5.32 Å². The highest BCUT2D eigenvalue weighted by Gasteiger charge is 2.33. The molecule has 1 aliphatic rings. The van der Waals surface area contributed by atoms with Gasteiger partial charge in [0.25, 0.3) is 0 Å². The van der Waals surface area contributed by atoms with E-state index in [0.29, 0.717) is 12.1 Å². The van der Waals surface area contributed by atoms with Gasteiger partial charge in [-0.3, -0.25) is 0 Å². The molecule has 0 aromatic heterocycles. The largest absolute Gasteiger partial charge is 0.351 e. The normalized spacial score (nSPS) is 24.1. The Bertz CT molecular complexity index is 402. The molecule has 0 radical (unpaired) electrons. The first kappa shape index (κ1) is 11.9. The smallest absolute Gasteiger partial charge is 0.316 e. The Morgan fingerprint density at radius 2 is 2.00 bits per heavy atom. The van der Waals surface area contributed by atoms with Crippen molar-refractivity contribution >= 4 is 11.7 Å². The van der Waals surface area contributed by atoms with Crippen molar-refractivity contribution < 1.29 is 4.79 Å². The van der Waals surface area contributed by atoms with Crippen LogP contribution in [0.5, 0.6) is 0 Å². The van der Waals surface area contributed by atoms with Crippen LogP contribution in [0, 0.1) is 5.92 Å². The maximum Gasteiger partial charge on any atom is 0.316 e. The summed E-state index contributed by atoms with van der Waals surface area (Å²) >= 11 is 0. The molecular weight excluding hydrogens is 214 g/mol. The van der Waals surface area contributed by atoms with E-state index in [1.54, 1.807) is 0 Å². The summed E-state index contributed by atoms with van der Waals surface area (Å²) < 4.78 is 0. The first-order chi connectivity index (χ1) is 8.06. The number of nitrogens with one attached hydrogen (secondary N) is 2. The van der Waals surface area contributed by atoms with Gasteiger partial charge < -0.3 is 16.4 Å². The van der Waals surface area contributed by atoms with E-state index in [9.17, 15) is 4.79 Å². The maximum atomic E-state index is 10.7. The van der Waals surface area contributed by atoms with Gasteiger partial charge in [0, 0.05) is 17.8 Å². The summed E-state index contributed by atoms with van der Waals surface area (Å²) in [5.41, 5.74) is 7.00. The van der Waals surface area contributed by atoms with Gasteiger partial charge in [-0.2, -0.15) is 0 Å². The van der Waals surface area contributed by atoms with Crippen molar-refractivity contribution in [2.75, 3.05) is 5.32 Å². The van der Waals surface area contributed by atoms with E-state index in [1.807, 2.05) is 24.3 Å². The fourth-order valence-corrected chi connectivity index (χ4v) is 1.97. The number of amides is 2. The van der Waals surface area contributed by atoms with Gasteiger partial charge in [-0.25, -0.2) is 4.79 Å². The second kappa shape index (κ2) is 4.75. The molecule has 1 saturated carbocycles. The number of nitrogens with two attached hydrogens (primary N) is 1. The Morgan fingerprint density at radius 1 is 1.41 bits per heavy atom. The SMILES string of the molecule is CC(NC1CC1C)c1ccc(NC(N)=O)cc1. The quantitative estimate of drug-likeness (QED) is 0.746. The monoisotopic (exact) mass is 233 g/mol. The van der Waals surface area contributed by atoms with Crippen LogP contribution in [-0.4, -0.2) is 12.1 Å². The molecule has 1 fully saturated rings. The summed E-state index contributed by atoms with van der Waals surface area (Å²) in [5, 5.41) is 6.12. The van der Waals surface area contributed by atoms with Crippen LogP contribution >= 0.6 is 0 Å². The van der Waals surface area contributed by atoms with Crippen LogP contribution in [0.1, 0.15) is 31.9 Å². The minimum atomic E-state index is -0.532. The predicted molar refractivity (Wildman–Crippen MR) is 68.8 cm³/mol. The number of hydrogen-bond acceptors (Lipinski definition) is 2. The molecule has 3 unspecified atom stereocenters. The van der Waals surface area contributed by atoms with Gasteiger partial charge in [-0.1, -0.05) is 19.1 Å². The van der Waals surface area contributed by atoms with Crippen LogP contribution in [0.25, 0.3) is 0 Å². The van der Waals surface area contributed by atoms with Crippen molar-refractivity contribution in [3.63, 3.8) is 0 Å². The van der Waals surface area contributed by atoms with E-state index >= 15 is 0 Å². The molecule has 1 aliphatic carbocycles.